The van der Waals surface area contributed by atoms with E-state index in [4.69, 9.17) is 14.1 Å². The third-order valence-corrected chi connectivity index (χ3v) is 0. The predicted molar refractivity (Wildman–Crippen MR) is 6.44 cm³/mol. The van der Waals surface area contributed by atoms with Crippen LogP contribution in [0.25, 0.3) is 0 Å². The molecule has 0 aliphatic heterocycles. The number of hydrogen-bond donors (Lipinski definition) is 0. The maximum Gasteiger partial charge on any atom is 2.00 e. The minimum Gasteiger partial charge on any atom is -0.672 e. The maximum absolute atomic E-state index is 8.52. The Balaban J connectivity index is 0. The molecule has 0 fully saturated rings. The molecule has 0 aliphatic rings. The molecule has 0 heterocycles. The molecule has 0 amide bonds. The Bertz CT molecular complexity index is 29.9. The van der Waals surface area contributed by atoms with E-state index in [0.717, 1.165) is 0 Å². The van der Waals surface area contributed by atoms with Gasteiger partial charge in [-0.1, -0.05) is 0 Å². The summed E-state index contributed by atoms with van der Waals surface area (Å²) in [6.45, 7) is 0. The Labute approximate surface area is 41.0 Å². The first kappa shape index (κ1) is 8.93. The molecular weight excluding hydrogens is 140 g/mol. The summed E-state index contributed by atoms with van der Waals surface area (Å²) in [5.74, 6) is 0. The van der Waals surface area contributed by atoms with Crippen molar-refractivity contribution in [3.05, 3.63) is 0 Å². The molecule has 0 aliphatic carbocycles. The summed E-state index contributed by atoms with van der Waals surface area (Å²) in [6.07, 6.45) is 0. The maximum atomic E-state index is 8.52. The van der Waals surface area contributed by atoms with Gasteiger partial charge in [0.2, 0.25) is 0 Å². The first-order valence-electron chi connectivity index (χ1n) is 0.612. The van der Waals surface area contributed by atoms with Crippen molar-refractivity contribution < 1.29 is 31.1 Å². The van der Waals surface area contributed by atoms with Crippen molar-refractivity contribution in [1.82, 2.24) is 0 Å². The second-order valence-corrected chi connectivity index (χ2v) is 0.750. The SMILES string of the molecule is O=[Si]([O-])[O-].[Cu+2]. The van der Waals surface area contributed by atoms with Gasteiger partial charge in [-0.3, -0.25) is 0 Å². The van der Waals surface area contributed by atoms with E-state index in [1.54, 1.807) is 0 Å². The Morgan fingerprint density at radius 2 is 1.40 bits per heavy atom. The van der Waals surface area contributed by atoms with Crippen LogP contribution in [0.15, 0.2) is 0 Å². The fourth-order valence-corrected chi connectivity index (χ4v) is 0. The quantitative estimate of drug-likeness (QED) is 0.339. The van der Waals surface area contributed by atoms with Crippen LogP contribution in [0.2, 0.25) is 0 Å². The van der Waals surface area contributed by atoms with Crippen molar-refractivity contribution in [2.24, 2.45) is 0 Å². The molecule has 3 nitrogen and oxygen atoms in total. The van der Waals surface area contributed by atoms with Crippen LogP contribution in [-0.2, 0) is 21.5 Å². The third-order valence-electron chi connectivity index (χ3n) is 0. The first-order valence-corrected chi connectivity index (χ1v) is 1.84. The second-order valence-electron chi connectivity index (χ2n) is 0.250. The van der Waals surface area contributed by atoms with E-state index >= 15 is 0 Å². The van der Waals surface area contributed by atoms with Gasteiger partial charge < -0.3 is 14.1 Å². The van der Waals surface area contributed by atoms with Crippen LogP contribution >= 0.6 is 0 Å². The molecule has 1 radical (unpaired) electrons. The van der Waals surface area contributed by atoms with E-state index in [1.165, 1.54) is 0 Å². The summed E-state index contributed by atoms with van der Waals surface area (Å²) < 4.78 is 8.52. The average molecular weight is 140 g/mol. The average Bonchev–Trinajstić information content (AvgIpc) is 0.811. The van der Waals surface area contributed by atoms with Gasteiger partial charge in [-0.25, -0.2) is 0 Å². The fourth-order valence-electron chi connectivity index (χ4n) is 0. The largest absolute Gasteiger partial charge is 2.00 e. The topological polar surface area (TPSA) is 63.2 Å². The number of rotatable bonds is 0. The molecule has 0 atom stereocenters. The fraction of sp³-hybridized carbons (Fsp3) is 0. The summed E-state index contributed by atoms with van der Waals surface area (Å²) in [4.78, 5) is 17.0. The molecule has 0 rings (SSSR count). The van der Waals surface area contributed by atoms with Gasteiger partial charge in [0, 0.05) is 9.17 Å². The zero-order valence-electron chi connectivity index (χ0n) is 2.03. The first-order chi connectivity index (χ1) is 1.73. The molecule has 0 aromatic heterocycles. The van der Waals surface area contributed by atoms with Gasteiger partial charge in [0.1, 0.15) is 0 Å². The van der Waals surface area contributed by atoms with Crippen LogP contribution in [0.5, 0.6) is 0 Å². The normalized spacial score (nSPS) is 4.80. The molecule has 0 N–H and O–H groups in total. The van der Waals surface area contributed by atoms with Crippen molar-refractivity contribution in [2.75, 3.05) is 0 Å². The van der Waals surface area contributed by atoms with Crippen LogP contribution in [0.3, 0.4) is 0 Å². The smallest absolute Gasteiger partial charge is 0.672 e. The van der Waals surface area contributed by atoms with Crippen molar-refractivity contribution in [3.63, 3.8) is 0 Å². The molecular formula is CuO3Si. The molecule has 0 aromatic carbocycles. The van der Waals surface area contributed by atoms with E-state index in [9.17, 15) is 0 Å². The van der Waals surface area contributed by atoms with Crippen LogP contribution in [0.4, 0.5) is 0 Å². The van der Waals surface area contributed by atoms with Crippen LogP contribution in [-0.4, -0.2) is 9.17 Å². The van der Waals surface area contributed by atoms with Gasteiger partial charge in [0.05, 0.1) is 0 Å². The van der Waals surface area contributed by atoms with E-state index in [1.807, 2.05) is 0 Å². The molecule has 0 bridgehead atoms. The molecule has 33 valence electrons. The summed E-state index contributed by atoms with van der Waals surface area (Å²) in [5.41, 5.74) is 0. The molecule has 5 heteroatoms. The van der Waals surface area contributed by atoms with E-state index in [0.29, 0.717) is 0 Å². The molecule has 0 aromatic rings. The molecule has 0 unspecified atom stereocenters. The summed E-state index contributed by atoms with van der Waals surface area (Å²) in [6, 6.07) is 0. The Hall–Kier alpha value is 0.136. The molecule has 0 spiro atoms. The summed E-state index contributed by atoms with van der Waals surface area (Å²) >= 11 is 0. The Morgan fingerprint density at radius 3 is 1.40 bits per heavy atom. The minimum absolute atomic E-state index is 0. The van der Waals surface area contributed by atoms with Gasteiger partial charge in [-0.05, 0) is 0 Å². The van der Waals surface area contributed by atoms with Crippen LogP contribution < -0.4 is 9.59 Å². The summed E-state index contributed by atoms with van der Waals surface area (Å²) in [5, 5.41) is 0. The van der Waals surface area contributed by atoms with Gasteiger partial charge in [0.15, 0.2) is 0 Å². The minimum atomic E-state index is -3.63. The zero-order chi connectivity index (χ0) is 3.58. The Morgan fingerprint density at radius 1 is 1.40 bits per heavy atom. The van der Waals surface area contributed by atoms with E-state index in [2.05, 4.69) is 0 Å². The van der Waals surface area contributed by atoms with E-state index < -0.39 is 9.17 Å². The van der Waals surface area contributed by atoms with Gasteiger partial charge in [-0.15, -0.1) is 0 Å². The zero-order valence-corrected chi connectivity index (χ0v) is 3.97. The monoisotopic (exact) mass is 139 g/mol. The molecule has 0 saturated carbocycles. The Kier molecular flexibility index (Phi) is 7.39. The van der Waals surface area contributed by atoms with Crippen LogP contribution in [0, 0.1) is 0 Å². The third kappa shape index (κ3) is 1020. The van der Waals surface area contributed by atoms with Gasteiger partial charge in [-0.2, -0.15) is 0 Å². The molecule has 0 saturated heterocycles. The van der Waals surface area contributed by atoms with Gasteiger partial charge >= 0.3 is 17.1 Å². The van der Waals surface area contributed by atoms with Crippen LogP contribution in [0.1, 0.15) is 0 Å². The van der Waals surface area contributed by atoms with Crippen molar-refractivity contribution in [3.8, 4) is 0 Å². The van der Waals surface area contributed by atoms with E-state index in [-0.39, 0.29) is 17.1 Å². The predicted octanol–water partition coefficient (Wildman–Crippen LogP) is -2.88. The second kappa shape index (κ2) is 4.14. The van der Waals surface area contributed by atoms with Crippen molar-refractivity contribution in [2.45, 2.75) is 0 Å². The summed E-state index contributed by atoms with van der Waals surface area (Å²) in [7, 11) is -3.63. The van der Waals surface area contributed by atoms with Crippen molar-refractivity contribution >= 4 is 9.17 Å². The number of hydrogen-bond acceptors (Lipinski definition) is 3. The standard InChI is InChI=1S/Cu.O3Si/c;1-4(2)3/q+2;-2. The van der Waals surface area contributed by atoms with Gasteiger partial charge in [0.25, 0.3) is 0 Å². The molecule has 5 heavy (non-hydrogen) atoms. The van der Waals surface area contributed by atoms with Crippen molar-refractivity contribution in [1.29, 1.82) is 0 Å².